The zero-order valence-electron chi connectivity index (χ0n) is 24.7. The Morgan fingerprint density at radius 1 is 0.955 bits per heavy atom. The smallest absolute Gasteiger partial charge is 0.350 e. The molecule has 226 valence electrons. The molecule has 5 rings (SSSR count). The molecule has 1 amide bonds. The van der Waals surface area contributed by atoms with Gasteiger partial charge >= 0.3 is 11.9 Å². The lowest BCUT2D eigenvalue weighted by atomic mass is 9.93. The van der Waals surface area contributed by atoms with Gasteiger partial charge in [-0.25, -0.2) is 9.78 Å². The highest BCUT2D eigenvalue weighted by Gasteiger charge is 2.48. The minimum absolute atomic E-state index is 0.102. The van der Waals surface area contributed by atoms with Gasteiger partial charge in [-0.05, 0) is 60.9 Å². The predicted octanol–water partition coefficient (Wildman–Crippen LogP) is 5.77. The standard InChI is InChI=1S/C33H30N2O8S/c1-18-15-22(43-17-20-9-7-6-8-10-20)12-13-23(18)28(36)26-27(21-11-14-24(40-3)25(16-21)41-4)35(31(38)29(26)37)33-34-19(2)30(44-33)32(39)42-5/h6-16,27,36H,17H2,1-5H3. The van der Waals surface area contributed by atoms with Crippen molar-refractivity contribution in [2.24, 2.45) is 0 Å². The monoisotopic (exact) mass is 614 g/mol. The number of ketones is 1. The number of hydrogen-bond acceptors (Lipinski definition) is 10. The number of aryl methyl sites for hydroxylation is 2. The molecule has 3 aromatic carbocycles. The Kier molecular flexibility index (Phi) is 8.68. The summed E-state index contributed by atoms with van der Waals surface area (Å²) in [6.45, 7) is 3.74. The highest BCUT2D eigenvalue weighted by molar-refractivity contribution is 7.17. The van der Waals surface area contributed by atoms with Crippen LogP contribution in [0.15, 0.2) is 72.3 Å². The van der Waals surface area contributed by atoms with Crippen molar-refractivity contribution in [1.29, 1.82) is 0 Å². The number of benzene rings is 3. The second-order valence-corrected chi connectivity index (χ2v) is 10.9. The van der Waals surface area contributed by atoms with Gasteiger partial charge in [-0.2, -0.15) is 0 Å². The van der Waals surface area contributed by atoms with Crippen LogP contribution >= 0.6 is 11.3 Å². The molecule has 1 aliphatic heterocycles. The number of aliphatic hydroxyl groups is 1. The van der Waals surface area contributed by atoms with Crippen LogP contribution in [0.4, 0.5) is 5.13 Å². The van der Waals surface area contributed by atoms with E-state index >= 15 is 0 Å². The van der Waals surface area contributed by atoms with E-state index in [2.05, 4.69) is 4.98 Å². The normalized spacial score (nSPS) is 15.8. The Balaban J connectivity index is 1.62. The Morgan fingerprint density at radius 2 is 1.68 bits per heavy atom. The minimum atomic E-state index is -1.10. The van der Waals surface area contributed by atoms with Crippen molar-refractivity contribution >= 4 is 39.9 Å². The Labute approximate surface area is 258 Å². The van der Waals surface area contributed by atoms with E-state index in [-0.39, 0.29) is 21.3 Å². The first-order valence-electron chi connectivity index (χ1n) is 13.5. The Hall–Kier alpha value is -5.16. The molecule has 1 fully saturated rings. The molecule has 1 N–H and O–H groups in total. The van der Waals surface area contributed by atoms with Crippen LogP contribution in [0.25, 0.3) is 5.76 Å². The van der Waals surface area contributed by atoms with E-state index in [0.29, 0.717) is 46.2 Å². The number of aromatic nitrogens is 1. The SMILES string of the molecule is COC(=O)c1sc(N2C(=O)C(=O)C(=C(O)c3ccc(OCc4ccccc4)cc3C)C2c2ccc(OC)c(OC)c2)nc1C. The summed E-state index contributed by atoms with van der Waals surface area (Å²) in [7, 11) is 4.21. The van der Waals surface area contributed by atoms with Gasteiger partial charge in [-0.1, -0.05) is 47.7 Å². The van der Waals surface area contributed by atoms with E-state index in [1.807, 2.05) is 30.3 Å². The van der Waals surface area contributed by atoms with Crippen LogP contribution < -0.4 is 19.1 Å². The number of rotatable bonds is 9. The van der Waals surface area contributed by atoms with E-state index < -0.39 is 23.7 Å². The topological polar surface area (TPSA) is 124 Å². The van der Waals surface area contributed by atoms with E-state index in [0.717, 1.165) is 16.9 Å². The quantitative estimate of drug-likeness (QED) is 0.108. The second kappa shape index (κ2) is 12.6. The zero-order chi connectivity index (χ0) is 31.5. The van der Waals surface area contributed by atoms with E-state index in [4.69, 9.17) is 18.9 Å². The lowest BCUT2D eigenvalue weighted by Crippen LogP contribution is -2.29. The van der Waals surface area contributed by atoms with Crippen LogP contribution in [0, 0.1) is 13.8 Å². The molecule has 11 heteroatoms. The fourth-order valence-corrected chi connectivity index (χ4v) is 6.02. The number of carbonyl (C=O) groups is 3. The summed E-state index contributed by atoms with van der Waals surface area (Å²) in [5.41, 5.74) is 2.63. The lowest BCUT2D eigenvalue weighted by molar-refractivity contribution is -0.132. The van der Waals surface area contributed by atoms with Gasteiger partial charge in [0.25, 0.3) is 5.78 Å². The zero-order valence-corrected chi connectivity index (χ0v) is 25.6. The molecule has 44 heavy (non-hydrogen) atoms. The Morgan fingerprint density at radius 3 is 2.34 bits per heavy atom. The van der Waals surface area contributed by atoms with Crippen LogP contribution in [0.5, 0.6) is 17.2 Å². The number of methoxy groups -OCH3 is 3. The summed E-state index contributed by atoms with van der Waals surface area (Å²) in [6, 6.07) is 18.6. The summed E-state index contributed by atoms with van der Waals surface area (Å²) in [6.07, 6.45) is 0. The number of thiazole rings is 1. The first-order valence-corrected chi connectivity index (χ1v) is 14.4. The van der Waals surface area contributed by atoms with Crippen LogP contribution in [0.3, 0.4) is 0 Å². The molecule has 4 aromatic rings. The fourth-order valence-electron chi connectivity index (χ4n) is 5.01. The largest absolute Gasteiger partial charge is 0.507 e. The number of aliphatic hydroxyl groups excluding tert-OH is 1. The molecule has 0 bridgehead atoms. The summed E-state index contributed by atoms with van der Waals surface area (Å²) in [4.78, 5) is 45.5. The average Bonchev–Trinajstić information content (AvgIpc) is 3.55. The second-order valence-electron chi connectivity index (χ2n) is 9.94. The van der Waals surface area contributed by atoms with Crippen LogP contribution in [0.1, 0.15) is 43.7 Å². The highest BCUT2D eigenvalue weighted by atomic mass is 32.1. The number of esters is 1. The van der Waals surface area contributed by atoms with E-state index in [9.17, 15) is 19.5 Å². The first kappa shape index (κ1) is 30.3. The minimum Gasteiger partial charge on any atom is -0.507 e. The summed E-state index contributed by atoms with van der Waals surface area (Å²) in [5.74, 6) is -1.41. The summed E-state index contributed by atoms with van der Waals surface area (Å²) >= 11 is 0.920. The van der Waals surface area contributed by atoms with E-state index in [1.165, 1.54) is 26.2 Å². The molecule has 1 aliphatic rings. The summed E-state index contributed by atoms with van der Waals surface area (Å²) in [5, 5.41) is 11.8. The molecule has 0 radical (unpaired) electrons. The average molecular weight is 615 g/mol. The summed E-state index contributed by atoms with van der Waals surface area (Å²) < 4.78 is 21.7. The maximum Gasteiger partial charge on any atom is 0.350 e. The molecule has 2 heterocycles. The molecule has 0 aliphatic carbocycles. The van der Waals surface area contributed by atoms with Gasteiger partial charge in [0.2, 0.25) is 0 Å². The first-order chi connectivity index (χ1) is 21.2. The van der Waals surface area contributed by atoms with Gasteiger partial charge in [0.15, 0.2) is 16.6 Å². The molecule has 1 saturated heterocycles. The van der Waals surface area contributed by atoms with E-state index in [1.54, 1.807) is 50.2 Å². The number of hydrogen-bond donors (Lipinski definition) is 1. The van der Waals surface area contributed by atoms with Gasteiger partial charge in [0, 0.05) is 5.56 Å². The molecule has 1 unspecified atom stereocenters. The van der Waals surface area contributed by atoms with Crippen molar-refractivity contribution in [1.82, 2.24) is 4.98 Å². The lowest BCUT2D eigenvalue weighted by Gasteiger charge is -2.24. The van der Waals surface area contributed by atoms with Crippen molar-refractivity contribution in [3.05, 3.63) is 105 Å². The van der Waals surface area contributed by atoms with Crippen LogP contribution in [-0.4, -0.2) is 49.1 Å². The van der Waals surface area contributed by atoms with Gasteiger partial charge in [0.05, 0.1) is 38.6 Å². The van der Waals surface area contributed by atoms with Crippen molar-refractivity contribution < 1.29 is 38.4 Å². The van der Waals surface area contributed by atoms with Crippen molar-refractivity contribution in [3.8, 4) is 17.2 Å². The number of amides is 1. The van der Waals surface area contributed by atoms with Crippen LogP contribution in [0.2, 0.25) is 0 Å². The molecule has 0 spiro atoms. The van der Waals surface area contributed by atoms with Gasteiger partial charge in [-0.15, -0.1) is 0 Å². The van der Waals surface area contributed by atoms with Crippen molar-refractivity contribution in [3.63, 3.8) is 0 Å². The molecule has 1 aromatic heterocycles. The number of nitrogens with zero attached hydrogens (tertiary/aromatic N) is 2. The number of anilines is 1. The number of carbonyl (C=O) groups excluding carboxylic acids is 3. The van der Waals surface area contributed by atoms with Crippen molar-refractivity contribution in [2.45, 2.75) is 26.5 Å². The van der Waals surface area contributed by atoms with Gasteiger partial charge < -0.3 is 24.1 Å². The van der Waals surface area contributed by atoms with Gasteiger partial charge in [-0.3, -0.25) is 14.5 Å². The number of ether oxygens (including phenoxy) is 4. The molecule has 0 saturated carbocycles. The number of Topliss-reactive ketones (excluding diaryl/α,β-unsaturated/α-hetero) is 1. The fraction of sp³-hybridized carbons (Fsp3) is 0.212. The van der Waals surface area contributed by atoms with Crippen LogP contribution in [-0.2, 0) is 20.9 Å². The maximum atomic E-state index is 13.7. The van der Waals surface area contributed by atoms with Crippen molar-refractivity contribution in [2.75, 3.05) is 26.2 Å². The molecule has 10 nitrogen and oxygen atoms in total. The molecular weight excluding hydrogens is 584 g/mol. The maximum absolute atomic E-state index is 13.7. The third kappa shape index (κ3) is 5.61. The third-order valence-corrected chi connectivity index (χ3v) is 8.37. The van der Waals surface area contributed by atoms with Gasteiger partial charge in [0.1, 0.15) is 23.0 Å². The molecule has 1 atom stereocenters. The third-order valence-electron chi connectivity index (χ3n) is 7.23. The predicted molar refractivity (Wildman–Crippen MR) is 164 cm³/mol. The highest BCUT2D eigenvalue weighted by Crippen LogP contribution is 2.46. The Bertz CT molecular complexity index is 1780. The molecular formula is C33H30N2O8S.